The van der Waals surface area contributed by atoms with Crippen molar-refractivity contribution < 1.29 is 9.47 Å². The average Bonchev–Trinajstić information content (AvgIpc) is 2.99. The van der Waals surface area contributed by atoms with Crippen LogP contribution < -0.4 is 0 Å². The second-order valence-electron chi connectivity index (χ2n) is 5.48. The van der Waals surface area contributed by atoms with Gasteiger partial charge in [0, 0.05) is 38.4 Å². The smallest absolute Gasteiger partial charge is 0.0589 e. The van der Waals surface area contributed by atoms with Crippen LogP contribution in [0.1, 0.15) is 36.2 Å². The van der Waals surface area contributed by atoms with Crippen molar-refractivity contribution in [3.05, 3.63) is 29.1 Å². The molecule has 2 rings (SSSR count). The van der Waals surface area contributed by atoms with Gasteiger partial charge in [0.25, 0.3) is 0 Å². The molecule has 0 saturated carbocycles. The minimum atomic E-state index is 0.513. The Balaban J connectivity index is 2.14. The maximum Gasteiger partial charge on any atom is 0.0589 e. The van der Waals surface area contributed by atoms with Crippen LogP contribution in [0.5, 0.6) is 0 Å². The summed E-state index contributed by atoms with van der Waals surface area (Å²) in [5.74, 6) is 0.513. The molecule has 112 valence electrons. The van der Waals surface area contributed by atoms with E-state index in [0.717, 1.165) is 45.8 Å². The Hall–Kier alpha value is -0.970. The Kier molecular flexibility index (Phi) is 5.95. The molecule has 4 nitrogen and oxygen atoms in total. The molecule has 1 aromatic heterocycles. The second kappa shape index (κ2) is 7.72. The van der Waals surface area contributed by atoms with Gasteiger partial charge in [0.15, 0.2) is 0 Å². The minimum Gasteiger partial charge on any atom is -0.383 e. The van der Waals surface area contributed by atoms with E-state index in [-0.39, 0.29) is 0 Å². The van der Waals surface area contributed by atoms with Crippen LogP contribution in [0.25, 0.3) is 0 Å². The summed E-state index contributed by atoms with van der Waals surface area (Å²) in [6.07, 6.45) is 2.10. The highest BCUT2D eigenvalue weighted by molar-refractivity contribution is 5.28. The van der Waals surface area contributed by atoms with E-state index in [2.05, 4.69) is 31.0 Å². The molecule has 4 heteroatoms. The third-order valence-electron chi connectivity index (χ3n) is 3.90. The van der Waals surface area contributed by atoms with E-state index >= 15 is 0 Å². The van der Waals surface area contributed by atoms with Crippen LogP contribution in [0.2, 0.25) is 0 Å². The zero-order valence-electron chi connectivity index (χ0n) is 12.9. The summed E-state index contributed by atoms with van der Waals surface area (Å²) in [5, 5.41) is 0. The maximum absolute atomic E-state index is 5.53. The van der Waals surface area contributed by atoms with Crippen LogP contribution in [0, 0.1) is 0 Å². The number of methoxy groups -OCH3 is 1. The van der Waals surface area contributed by atoms with Crippen LogP contribution in [0.4, 0.5) is 0 Å². The quantitative estimate of drug-likeness (QED) is 0.766. The first kappa shape index (κ1) is 15.4. The van der Waals surface area contributed by atoms with Crippen LogP contribution in [0.15, 0.2) is 12.1 Å². The van der Waals surface area contributed by atoms with Crippen molar-refractivity contribution in [3.63, 3.8) is 0 Å². The van der Waals surface area contributed by atoms with E-state index in [1.54, 1.807) is 7.11 Å². The number of nitrogens with zero attached hydrogens (tertiary/aromatic N) is 2. The van der Waals surface area contributed by atoms with Crippen molar-refractivity contribution in [2.24, 2.45) is 0 Å². The van der Waals surface area contributed by atoms with E-state index in [4.69, 9.17) is 14.5 Å². The van der Waals surface area contributed by atoms with E-state index < -0.39 is 0 Å². The van der Waals surface area contributed by atoms with Crippen molar-refractivity contribution in [1.82, 2.24) is 9.88 Å². The molecule has 0 spiro atoms. The highest BCUT2D eigenvalue weighted by Gasteiger charge is 2.22. The normalized spacial score (nSPS) is 18.9. The predicted molar refractivity (Wildman–Crippen MR) is 80.0 cm³/mol. The van der Waals surface area contributed by atoms with Gasteiger partial charge < -0.3 is 9.47 Å². The Morgan fingerprint density at radius 1 is 1.45 bits per heavy atom. The molecule has 1 atom stereocenters. The number of likely N-dealkylation sites (N-methyl/N-ethyl adjacent to an activating group) is 1. The second-order valence-corrected chi connectivity index (χ2v) is 5.48. The van der Waals surface area contributed by atoms with Crippen LogP contribution in [-0.4, -0.2) is 50.4 Å². The zero-order chi connectivity index (χ0) is 14.4. The van der Waals surface area contributed by atoms with Gasteiger partial charge in [-0.3, -0.25) is 9.88 Å². The Morgan fingerprint density at radius 2 is 2.30 bits per heavy atom. The average molecular weight is 278 g/mol. The molecule has 1 aliphatic rings. The molecule has 1 fully saturated rings. The fourth-order valence-electron chi connectivity index (χ4n) is 2.61. The fraction of sp³-hybridized carbons (Fsp3) is 0.688. The number of pyridine rings is 1. The molecule has 0 aromatic carbocycles. The number of rotatable bonds is 7. The summed E-state index contributed by atoms with van der Waals surface area (Å²) in [6, 6.07) is 4.41. The highest BCUT2D eigenvalue weighted by Crippen LogP contribution is 2.28. The molecule has 0 N–H and O–H groups in total. The van der Waals surface area contributed by atoms with Crippen LogP contribution in [-0.2, 0) is 22.4 Å². The third-order valence-corrected chi connectivity index (χ3v) is 3.90. The Morgan fingerprint density at radius 3 is 2.95 bits per heavy atom. The predicted octanol–water partition coefficient (Wildman–Crippen LogP) is 2.23. The lowest BCUT2D eigenvalue weighted by molar-refractivity contribution is 0.157. The molecule has 0 radical (unpaired) electrons. The minimum absolute atomic E-state index is 0.513. The summed E-state index contributed by atoms with van der Waals surface area (Å²) in [4.78, 5) is 7.11. The standard InChI is InChI=1S/C16H26N2O2/c1-4-14-5-6-15(13-7-9-20-12-13)16(17-14)11-18(2)8-10-19-3/h5-6,13H,4,7-12H2,1-3H3. The first-order chi connectivity index (χ1) is 9.74. The third kappa shape index (κ3) is 4.01. The van der Waals surface area contributed by atoms with Crippen molar-refractivity contribution in [1.29, 1.82) is 0 Å². The van der Waals surface area contributed by atoms with Gasteiger partial charge in [-0.2, -0.15) is 0 Å². The van der Waals surface area contributed by atoms with Crippen molar-refractivity contribution >= 4 is 0 Å². The van der Waals surface area contributed by atoms with Crippen molar-refractivity contribution in [2.75, 3.05) is 40.5 Å². The van der Waals surface area contributed by atoms with E-state index in [0.29, 0.717) is 5.92 Å². The summed E-state index contributed by atoms with van der Waals surface area (Å²) in [5.41, 5.74) is 3.74. The van der Waals surface area contributed by atoms with Gasteiger partial charge in [-0.25, -0.2) is 0 Å². The number of aromatic nitrogens is 1. The van der Waals surface area contributed by atoms with Crippen molar-refractivity contribution in [2.45, 2.75) is 32.2 Å². The van der Waals surface area contributed by atoms with Gasteiger partial charge in [-0.05, 0) is 31.5 Å². The zero-order valence-corrected chi connectivity index (χ0v) is 12.9. The monoisotopic (exact) mass is 278 g/mol. The SMILES string of the molecule is CCc1ccc(C2CCOC2)c(CN(C)CCOC)n1. The Bertz CT molecular complexity index is 417. The molecule has 1 saturated heterocycles. The van der Waals surface area contributed by atoms with Crippen LogP contribution >= 0.6 is 0 Å². The topological polar surface area (TPSA) is 34.6 Å². The van der Waals surface area contributed by atoms with Gasteiger partial charge in [-0.1, -0.05) is 13.0 Å². The molecule has 0 bridgehead atoms. The van der Waals surface area contributed by atoms with Gasteiger partial charge in [-0.15, -0.1) is 0 Å². The molecule has 0 aliphatic carbocycles. The molecule has 1 aliphatic heterocycles. The maximum atomic E-state index is 5.53. The largest absolute Gasteiger partial charge is 0.383 e. The van der Waals surface area contributed by atoms with E-state index in [1.807, 2.05) is 0 Å². The van der Waals surface area contributed by atoms with Gasteiger partial charge >= 0.3 is 0 Å². The Labute approximate surface area is 122 Å². The van der Waals surface area contributed by atoms with Gasteiger partial charge in [0.1, 0.15) is 0 Å². The van der Waals surface area contributed by atoms with Crippen molar-refractivity contribution in [3.8, 4) is 0 Å². The first-order valence-electron chi connectivity index (χ1n) is 7.48. The fourth-order valence-corrected chi connectivity index (χ4v) is 2.61. The number of aryl methyl sites for hydroxylation is 1. The first-order valence-corrected chi connectivity index (χ1v) is 7.48. The van der Waals surface area contributed by atoms with E-state index in [9.17, 15) is 0 Å². The molecule has 1 aromatic rings. The lowest BCUT2D eigenvalue weighted by atomic mass is 9.96. The molecule has 1 unspecified atom stereocenters. The number of ether oxygens (including phenoxy) is 2. The summed E-state index contributed by atoms with van der Waals surface area (Å²) in [6.45, 7) is 6.42. The highest BCUT2D eigenvalue weighted by atomic mass is 16.5. The van der Waals surface area contributed by atoms with Gasteiger partial charge in [0.05, 0.1) is 18.9 Å². The molecule has 20 heavy (non-hydrogen) atoms. The lowest BCUT2D eigenvalue weighted by Gasteiger charge is -2.20. The summed E-state index contributed by atoms with van der Waals surface area (Å²) >= 11 is 0. The van der Waals surface area contributed by atoms with Crippen LogP contribution in [0.3, 0.4) is 0 Å². The molecule has 2 heterocycles. The molecular weight excluding hydrogens is 252 g/mol. The summed E-state index contributed by atoms with van der Waals surface area (Å²) in [7, 11) is 3.86. The lowest BCUT2D eigenvalue weighted by Crippen LogP contribution is -2.24. The molecular formula is C16H26N2O2. The molecule has 0 amide bonds. The summed E-state index contributed by atoms with van der Waals surface area (Å²) < 4.78 is 10.7. The number of hydrogen-bond acceptors (Lipinski definition) is 4. The van der Waals surface area contributed by atoms with Gasteiger partial charge in [0.2, 0.25) is 0 Å². The number of hydrogen-bond donors (Lipinski definition) is 0. The van der Waals surface area contributed by atoms with E-state index in [1.165, 1.54) is 17.0 Å².